The topological polar surface area (TPSA) is 23.6 Å². The number of carbonyl (C=O) groups is 1. The lowest BCUT2D eigenvalue weighted by Gasteiger charge is -2.34. The molecular weight excluding hydrogens is 257 g/mol. The second-order valence-corrected chi connectivity index (χ2v) is 4.49. The van der Waals surface area contributed by atoms with Gasteiger partial charge in [0.15, 0.2) is 0 Å². The number of hydrogen-bond donors (Lipinski definition) is 0. The molecule has 6 heteroatoms. The minimum absolute atomic E-state index is 0.184. The maximum Gasteiger partial charge on any atom is 0.253 e. The van der Waals surface area contributed by atoms with E-state index in [0.29, 0.717) is 31.7 Å². The van der Waals surface area contributed by atoms with Gasteiger partial charge in [0, 0.05) is 31.7 Å². The van der Waals surface area contributed by atoms with Crippen LogP contribution in [-0.2, 0) is 0 Å². The normalized spacial score (nSPS) is 16.9. The number of rotatable bonds is 3. The third kappa shape index (κ3) is 3.70. The first kappa shape index (κ1) is 13.9. The molecule has 0 N–H and O–H groups in total. The van der Waals surface area contributed by atoms with Crippen LogP contribution in [0.5, 0.6) is 0 Å². The second kappa shape index (κ2) is 6.06. The van der Waals surface area contributed by atoms with E-state index in [-0.39, 0.29) is 12.5 Å². The van der Waals surface area contributed by atoms with Gasteiger partial charge in [-0.25, -0.2) is 13.2 Å². The van der Waals surface area contributed by atoms with E-state index in [4.69, 9.17) is 0 Å². The fourth-order valence-electron chi connectivity index (χ4n) is 2.10. The Bertz CT molecular complexity index is 428. The molecule has 0 radical (unpaired) electrons. The molecule has 1 aliphatic rings. The lowest BCUT2D eigenvalue weighted by molar-refractivity contribution is 0.0459. The Morgan fingerprint density at radius 2 is 1.68 bits per heavy atom. The molecule has 1 amide bonds. The molecule has 1 heterocycles. The van der Waals surface area contributed by atoms with Crippen molar-refractivity contribution in [2.45, 2.75) is 6.43 Å². The first-order valence-electron chi connectivity index (χ1n) is 6.11. The number of piperazine rings is 1. The predicted octanol–water partition coefficient (Wildman–Crippen LogP) is 1.85. The number of benzene rings is 1. The Kier molecular flexibility index (Phi) is 4.42. The average Bonchev–Trinajstić information content (AvgIpc) is 2.39. The van der Waals surface area contributed by atoms with Gasteiger partial charge in [-0.2, -0.15) is 0 Å². The predicted molar refractivity (Wildman–Crippen MR) is 64.7 cm³/mol. The van der Waals surface area contributed by atoms with Gasteiger partial charge in [-0.15, -0.1) is 0 Å². The van der Waals surface area contributed by atoms with Gasteiger partial charge in [-0.05, 0) is 24.3 Å². The standard InChI is InChI=1S/C13H15F3N2O/c14-11-3-1-10(2-4-11)13(19)18-7-5-17(6-8-18)9-12(15)16/h1-4,12H,5-9H2. The molecule has 1 saturated heterocycles. The van der Waals surface area contributed by atoms with Crippen molar-refractivity contribution >= 4 is 5.91 Å². The number of alkyl halides is 2. The van der Waals surface area contributed by atoms with Crippen molar-refractivity contribution in [3.63, 3.8) is 0 Å². The minimum Gasteiger partial charge on any atom is -0.336 e. The summed E-state index contributed by atoms with van der Waals surface area (Å²) in [5, 5.41) is 0. The number of nitrogens with zero attached hydrogens (tertiary/aromatic N) is 2. The van der Waals surface area contributed by atoms with Crippen LogP contribution < -0.4 is 0 Å². The molecule has 0 spiro atoms. The summed E-state index contributed by atoms with van der Waals surface area (Å²) in [4.78, 5) is 15.3. The molecule has 1 fully saturated rings. The van der Waals surface area contributed by atoms with Gasteiger partial charge in [-0.3, -0.25) is 9.69 Å². The fourth-order valence-corrected chi connectivity index (χ4v) is 2.10. The Hall–Kier alpha value is -1.56. The van der Waals surface area contributed by atoms with Crippen LogP contribution in [0.2, 0.25) is 0 Å². The minimum atomic E-state index is -2.35. The van der Waals surface area contributed by atoms with Gasteiger partial charge in [0.05, 0.1) is 6.54 Å². The van der Waals surface area contributed by atoms with Gasteiger partial charge < -0.3 is 4.90 Å². The summed E-state index contributed by atoms with van der Waals surface area (Å²) < 4.78 is 37.2. The highest BCUT2D eigenvalue weighted by Gasteiger charge is 2.23. The molecule has 104 valence electrons. The van der Waals surface area contributed by atoms with Gasteiger partial charge in [0.2, 0.25) is 0 Å². The smallest absolute Gasteiger partial charge is 0.253 e. The Morgan fingerprint density at radius 1 is 1.11 bits per heavy atom. The van der Waals surface area contributed by atoms with Crippen LogP contribution in [0.4, 0.5) is 13.2 Å². The lowest BCUT2D eigenvalue weighted by Crippen LogP contribution is -2.49. The molecule has 0 unspecified atom stereocenters. The first-order valence-corrected chi connectivity index (χ1v) is 6.11. The first-order chi connectivity index (χ1) is 9.06. The number of amides is 1. The van der Waals surface area contributed by atoms with Crippen molar-refractivity contribution in [3.05, 3.63) is 35.6 Å². The summed E-state index contributed by atoms with van der Waals surface area (Å²) in [6.45, 7) is 1.47. The van der Waals surface area contributed by atoms with Crippen LogP contribution in [0, 0.1) is 5.82 Å². The second-order valence-electron chi connectivity index (χ2n) is 4.49. The zero-order valence-electron chi connectivity index (χ0n) is 10.4. The summed E-state index contributed by atoms with van der Waals surface area (Å²) in [6.07, 6.45) is -2.35. The summed E-state index contributed by atoms with van der Waals surface area (Å²) in [5.41, 5.74) is 0.420. The Labute approximate surface area is 109 Å². The molecule has 0 atom stereocenters. The van der Waals surface area contributed by atoms with Crippen molar-refractivity contribution < 1.29 is 18.0 Å². The third-order valence-corrected chi connectivity index (χ3v) is 3.15. The zero-order valence-corrected chi connectivity index (χ0v) is 10.4. The molecule has 1 aromatic rings. The zero-order chi connectivity index (χ0) is 13.8. The van der Waals surface area contributed by atoms with Crippen LogP contribution in [0.3, 0.4) is 0 Å². The van der Waals surface area contributed by atoms with Crippen LogP contribution >= 0.6 is 0 Å². The summed E-state index contributed by atoms with van der Waals surface area (Å²) in [7, 11) is 0. The highest BCUT2D eigenvalue weighted by atomic mass is 19.3. The van der Waals surface area contributed by atoms with Crippen molar-refractivity contribution in [1.29, 1.82) is 0 Å². The highest BCUT2D eigenvalue weighted by molar-refractivity contribution is 5.94. The number of hydrogen-bond acceptors (Lipinski definition) is 2. The summed E-state index contributed by atoms with van der Waals surface area (Å²) in [5.74, 6) is -0.574. The van der Waals surface area contributed by atoms with Crippen molar-refractivity contribution in [2.24, 2.45) is 0 Å². The van der Waals surface area contributed by atoms with Gasteiger partial charge >= 0.3 is 0 Å². The van der Waals surface area contributed by atoms with E-state index in [9.17, 15) is 18.0 Å². The van der Waals surface area contributed by atoms with E-state index in [1.807, 2.05) is 0 Å². The van der Waals surface area contributed by atoms with E-state index in [2.05, 4.69) is 0 Å². The summed E-state index contributed by atoms with van der Waals surface area (Å²) in [6, 6.07) is 5.34. The van der Waals surface area contributed by atoms with Gasteiger partial charge in [-0.1, -0.05) is 0 Å². The SMILES string of the molecule is O=C(c1ccc(F)cc1)N1CCN(CC(F)F)CC1. The molecule has 0 bridgehead atoms. The van der Waals surface area contributed by atoms with E-state index >= 15 is 0 Å². The largest absolute Gasteiger partial charge is 0.336 e. The van der Waals surface area contributed by atoms with Crippen LogP contribution in [-0.4, -0.2) is 54.9 Å². The molecule has 1 aliphatic heterocycles. The van der Waals surface area contributed by atoms with E-state index in [0.717, 1.165) is 0 Å². The lowest BCUT2D eigenvalue weighted by atomic mass is 10.2. The fraction of sp³-hybridized carbons (Fsp3) is 0.462. The molecule has 19 heavy (non-hydrogen) atoms. The van der Waals surface area contributed by atoms with Crippen molar-refractivity contribution in [1.82, 2.24) is 9.80 Å². The Morgan fingerprint density at radius 3 is 2.21 bits per heavy atom. The number of halogens is 3. The molecular formula is C13H15F3N2O. The molecule has 0 aliphatic carbocycles. The summed E-state index contributed by atoms with van der Waals surface area (Å²) >= 11 is 0. The maximum atomic E-state index is 12.8. The maximum absolute atomic E-state index is 12.8. The highest BCUT2D eigenvalue weighted by Crippen LogP contribution is 2.10. The molecule has 0 saturated carbocycles. The van der Waals surface area contributed by atoms with Crippen LogP contribution in [0.1, 0.15) is 10.4 Å². The molecule has 2 rings (SSSR count). The molecule has 0 aromatic heterocycles. The molecule has 3 nitrogen and oxygen atoms in total. The average molecular weight is 272 g/mol. The van der Waals surface area contributed by atoms with Crippen LogP contribution in [0.25, 0.3) is 0 Å². The van der Waals surface area contributed by atoms with E-state index in [1.54, 1.807) is 9.80 Å². The van der Waals surface area contributed by atoms with Crippen molar-refractivity contribution in [2.75, 3.05) is 32.7 Å². The quantitative estimate of drug-likeness (QED) is 0.838. The van der Waals surface area contributed by atoms with Crippen LogP contribution in [0.15, 0.2) is 24.3 Å². The van der Waals surface area contributed by atoms with Gasteiger partial charge in [0.1, 0.15) is 5.82 Å². The number of carbonyl (C=O) groups excluding carboxylic acids is 1. The monoisotopic (exact) mass is 272 g/mol. The Balaban J connectivity index is 1.90. The van der Waals surface area contributed by atoms with Crippen molar-refractivity contribution in [3.8, 4) is 0 Å². The molecule has 1 aromatic carbocycles. The third-order valence-electron chi connectivity index (χ3n) is 3.15. The van der Waals surface area contributed by atoms with E-state index < -0.39 is 12.2 Å². The van der Waals surface area contributed by atoms with Gasteiger partial charge in [0.25, 0.3) is 12.3 Å². The van der Waals surface area contributed by atoms with E-state index in [1.165, 1.54) is 24.3 Å².